The van der Waals surface area contributed by atoms with Gasteiger partial charge in [0.2, 0.25) is 0 Å². The first-order valence-electron chi connectivity index (χ1n) is 7.94. The van der Waals surface area contributed by atoms with Gasteiger partial charge in [-0.05, 0) is 61.8 Å². The summed E-state index contributed by atoms with van der Waals surface area (Å²) in [5, 5.41) is 0. The second-order valence-corrected chi connectivity index (χ2v) is 7.03. The molecule has 5 atom stereocenters. The summed E-state index contributed by atoms with van der Waals surface area (Å²) >= 11 is 0. The fourth-order valence-electron chi connectivity index (χ4n) is 4.85. The van der Waals surface area contributed by atoms with Crippen molar-refractivity contribution >= 4 is 5.97 Å². The van der Waals surface area contributed by atoms with Gasteiger partial charge in [-0.25, -0.2) is 0 Å². The molecule has 3 fully saturated rings. The molecule has 0 amide bonds. The first-order valence-corrected chi connectivity index (χ1v) is 7.94. The lowest BCUT2D eigenvalue weighted by atomic mass is 9.43. The smallest absolute Gasteiger partial charge is 0.313 e. The fraction of sp³-hybridized carbons (Fsp3) is 0.611. The Morgan fingerprint density at radius 2 is 2.05 bits per heavy atom. The van der Waals surface area contributed by atoms with Crippen LogP contribution in [0.1, 0.15) is 50.5 Å². The van der Waals surface area contributed by atoms with Crippen molar-refractivity contribution < 1.29 is 9.53 Å². The Balaban J connectivity index is 1.39. The molecule has 1 aromatic carbocycles. The second-order valence-electron chi connectivity index (χ2n) is 7.03. The Morgan fingerprint density at radius 1 is 1.25 bits per heavy atom. The topological polar surface area (TPSA) is 26.3 Å². The second kappa shape index (κ2) is 4.34. The van der Waals surface area contributed by atoms with E-state index < -0.39 is 0 Å². The molecule has 4 rings (SSSR count). The molecule has 1 spiro atoms. The zero-order valence-electron chi connectivity index (χ0n) is 12.0. The molecule has 3 saturated carbocycles. The molecule has 0 aliphatic heterocycles. The first kappa shape index (κ1) is 12.4. The van der Waals surface area contributed by atoms with Gasteiger partial charge < -0.3 is 4.74 Å². The van der Waals surface area contributed by atoms with Crippen LogP contribution in [0.25, 0.3) is 0 Å². The zero-order valence-corrected chi connectivity index (χ0v) is 12.0. The molecular weight excluding hydrogens is 248 g/mol. The van der Waals surface area contributed by atoms with Crippen LogP contribution in [0, 0.1) is 17.3 Å². The molecule has 0 heterocycles. The van der Waals surface area contributed by atoms with Crippen LogP contribution in [0.5, 0.6) is 0 Å². The maximum atomic E-state index is 12.3. The Kier molecular flexibility index (Phi) is 2.70. The molecular formula is C18H22O2. The minimum atomic E-state index is -0.149. The number of carbonyl (C=O) groups excluding carboxylic acids is 1. The summed E-state index contributed by atoms with van der Waals surface area (Å²) in [5.74, 6) is 1.62. The average molecular weight is 270 g/mol. The largest absolute Gasteiger partial charge is 0.462 e. The highest BCUT2D eigenvalue weighted by molar-refractivity contribution is 5.77. The van der Waals surface area contributed by atoms with E-state index in [2.05, 4.69) is 0 Å². The van der Waals surface area contributed by atoms with Gasteiger partial charge in [-0.15, -0.1) is 0 Å². The molecule has 3 aliphatic carbocycles. The van der Waals surface area contributed by atoms with Crippen LogP contribution in [0.3, 0.4) is 0 Å². The molecule has 3 aliphatic rings. The predicted octanol–water partition coefficient (Wildman–Crippen LogP) is 3.91. The number of benzene rings is 1. The molecule has 5 unspecified atom stereocenters. The van der Waals surface area contributed by atoms with Gasteiger partial charge in [0.25, 0.3) is 0 Å². The Bertz CT molecular complexity index is 523. The van der Waals surface area contributed by atoms with E-state index in [0.717, 1.165) is 30.2 Å². The van der Waals surface area contributed by atoms with E-state index >= 15 is 0 Å². The highest BCUT2D eigenvalue weighted by atomic mass is 16.5. The third-order valence-electron chi connectivity index (χ3n) is 6.24. The van der Waals surface area contributed by atoms with Crippen LogP contribution in [0.2, 0.25) is 0 Å². The predicted molar refractivity (Wildman–Crippen MR) is 77.2 cm³/mol. The van der Waals surface area contributed by atoms with E-state index in [0.29, 0.717) is 5.41 Å². The van der Waals surface area contributed by atoms with Gasteiger partial charge in [-0.1, -0.05) is 30.3 Å². The summed E-state index contributed by atoms with van der Waals surface area (Å²) in [6, 6.07) is 9.95. The SMILES string of the molecule is CC(C(=O)OC1CC2CC3CCC32C1)c1ccccc1. The van der Waals surface area contributed by atoms with E-state index in [-0.39, 0.29) is 18.0 Å². The number of esters is 1. The number of carbonyl (C=O) groups is 1. The highest BCUT2D eigenvalue weighted by Gasteiger charge is 2.64. The molecule has 0 aromatic heterocycles. The molecule has 20 heavy (non-hydrogen) atoms. The zero-order chi connectivity index (χ0) is 13.7. The monoisotopic (exact) mass is 270 g/mol. The summed E-state index contributed by atoms with van der Waals surface area (Å²) in [7, 11) is 0. The minimum Gasteiger partial charge on any atom is -0.462 e. The number of ether oxygens (including phenoxy) is 1. The summed E-state index contributed by atoms with van der Waals surface area (Å²) in [6.07, 6.45) is 6.62. The van der Waals surface area contributed by atoms with E-state index in [4.69, 9.17) is 4.74 Å². The van der Waals surface area contributed by atoms with Crippen LogP contribution in [0.15, 0.2) is 30.3 Å². The highest BCUT2D eigenvalue weighted by Crippen LogP contribution is 2.71. The molecule has 0 N–H and O–H groups in total. The van der Waals surface area contributed by atoms with Gasteiger partial charge in [-0.2, -0.15) is 0 Å². The maximum absolute atomic E-state index is 12.3. The third-order valence-corrected chi connectivity index (χ3v) is 6.24. The Labute approximate surface area is 120 Å². The standard InChI is InChI=1S/C18H22O2/c1-12(13-5-3-2-4-6-13)17(19)20-16-10-15-9-14-7-8-18(14,15)11-16/h2-6,12,14-16H,7-11H2,1H3. The molecule has 2 heteroatoms. The van der Waals surface area contributed by atoms with Crippen LogP contribution >= 0.6 is 0 Å². The first-order chi connectivity index (χ1) is 9.69. The van der Waals surface area contributed by atoms with Crippen molar-refractivity contribution in [1.29, 1.82) is 0 Å². The van der Waals surface area contributed by atoms with Crippen LogP contribution < -0.4 is 0 Å². The molecule has 1 aromatic rings. The van der Waals surface area contributed by atoms with Gasteiger partial charge in [0.1, 0.15) is 6.10 Å². The van der Waals surface area contributed by atoms with Crippen molar-refractivity contribution in [3.8, 4) is 0 Å². The van der Waals surface area contributed by atoms with Crippen molar-refractivity contribution in [2.45, 2.75) is 51.0 Å². The van der Waals surface area contributed by atoms with Crippen molar-refractivity contribution in [1.82, 2.24) is 0 Å². The molecule has 2 nitrogen and oxygen atoms in total. The molecule has 0 bridgehead atoms. The summed E-state index contributed by atoms with van der Waals surface area (Å²) in [5.41, 5.74) is 1.65. The normalized spacial score (nSPS) is 39.0. The van der Waals surface area contributed by atoms with Gasteiger partial charge >= 0.3 is 5.97 Å². The lowest BCUT2D eigenvalue weighted by molar-refractivity contribution is -0.151. The van der Waals surface area contributed by atoms with Crippen LogP contribution in [0.4, 0.5) is 0 Å². The van der Waals surface area contributed by atoms with E-state index in [1.807, 2.05) is 37.3 Å². The van der Waals surface area contributed by atoms with E-state index in [9.17, 15) is 4.79 Å². The Hall–Kier alpha value is -1.31. The summed E-state index contributed by atoms with van der Waals surface area (Å²) < 4.78 is 5.82. The van der Waals surface area contributed by atoms with Crippen molar-refractivity contribution in [2.24, 2.45) is 17.3 Å². The lowest BCUT2D eigenvalue weighted by Gasteiger charge is -2.61. The summed E-state index contributed by atoms with van der Waals surface area (Å²) in [6.45, 7) is 1.95. The average Bonchev–Trinajstić information content (AvgIpc) is 2.81. The van der Waals surface area contributed by atoms with E-state index in [1.165, 1.54) is 19.3 Å². The minimum absolute atomic E-state index is 0.0465. The van der Waals surface area contributed by atoms with Gasteiger partial charge in [-0.3, -0.25) is 4.79 Å². The molecule has 0 radical (unpaired) electrons. The number of hydrogen-bond donors (Lipinski definition) is 0. The van der Waals surface area contributed by atoms with Gasteiger partial charge in [0, 0.05) is 0 Å². The molecule has 106 valence electrons. The molecule has 0 saturated heterocycles. The van der Waals surface area contributed by atoms with Crippen molar-refractivity contribution in [3.63, 3.8) is 0 Å². The quantitative estimate of drug-likeness (QED) is 0.778. The Morgan fingerprint density at radius 3 is 2.65 bits per heavy atom. The number of rotatable bonds is 3. The fourth-order valence-corrected chi connectivity index (χ4v) is 4.85. The van der Waals surface area contributed by atoms with Gasteiger partial charge in [0.15, 0.2) is 0 Å². The third kappa shape index (κ3) is 1.66. The van der Waals surface area contributed by atoms with Crippen molar-refractivity contribution in [3.05, 3.63) is 35.9 Å². The number of hydrogen-bond acceptors (Lipinski definition) is 2. The van der Waals surface area contributed by atoms with Crippen LogP contribution in [-0.4, -0.2) is 12.1 Å². The van der Waals surface area contributed by atoms with Crippen LogP contribution in [-0.2, 0) is 9.53 Å². The lowest BCUT2D eigenvalue weighted by Crippen LogP contribution is -2.53. The van der Waals surface area contributed by atoms with E-state index in [1.54, 1.807) is 0 Å². The van der Waals surface area contributed by atoms with Gasteiger partial charge in [0.05, 0.1) is 5.92 Å². The van der Waals surface area contributed by atoms with Crippen molar-refractivity contribution in [2.75, 3.05) is 0 Å². The summed E-state index contributed by atoms with van der Waals surface area (Å²) in [4.78, 5) is 12.3. The maximum Gasteiger partial charge on any atom is 0.313 e.